The Morgan fingerprint density at radius 3 is 2.38 bits per heavy atom. The molecule has 3 aromatic rings. The minimum absolute atomic E-state index is 0.146. The molecule has 3 rings (SSSR count). The van der Waals surface area contributed by atoms with E-state index < -0.39 is 17.8 Å². The third-order valence-electron chi connectivity index (χ3n) is 3.80. The van der Waals surface area contributed by atoms with E-state index in [1.54, 1.807) is 44.2 Å². The number of hydrogen-bond donors (Lipinski definition) is 2. The number of para-hydroxylation sites is 1. The third kappa shape index (κ3) is 4.83. The molecule has 0 aliphatic heterocycles. The zero-order valence-corrected chi connectivity index (χ0v) is 15.8. The highest BCUT2D eigenvalue weighted by molar-refractivity contribution is 6.10. The molecule has 0 aliphatic carbocycles. The van der Waals surface area contributed by atoms with Crippen LogP contribution >= 0.6 is 0 Å². The largest absolute Gasteiger partial charge is 0.462 e. The smallest absolute Gasteiger partial charge is 0.340 e. The number of amides is 2. The van der Waals surface area contributed by atoms with Crippen LogP contribution in [0.15, 0.2) is 53.3 Å². The summed E-state index contributed by atoms with van der Waals surface area (Å²) in [5, 5.41) is 8.89. The second-order valence-electron chi connectivity index (χ2n) is 5.96. The Morgan fingerprint density at radius 1 is 1.03 bits per heavy atom. The van der Waals surface area contributed by atoms with Gasteiger partial charge in [0.05, 0.1) is 29.0 Å². The molecule has 0 bridgehead atoms. The van der Waals surface area contributed by atoms with E-state index in [2.05, 4.69) is 20.8 Å². The van der Waals surface area contributed by atoms with Gasteiger partial charge in [0.25, 0.3) is 11.8 Å². The summed E-state index contributed by atoms with van der Waals surface area (Å²) in [5.74, 6) is -0.761. The van der Waals surface area contributed by atoms with Crippen molar-refractivity contribution in [3.8, 4) is 0 Å². The van der Waals surface area contributed by atoms with Crippen LogP contribution in [-0.4, -0.2) is 34.5 Å². The third-order valence-corrected chi connectivity index (χ3v) is 3.80. The quantitative estimate of drug-likeness (QED) is 0.616. The summed E-state index contributed by atoms with van der Waals surface area (Å²) in [6.45, 7) is 3.61. The molecular formula is C20H18N4O5. The van der Waals surface area contributed by atoms with Crippen LogP contribution in [0.5, 0.6) is 0 Å². The van der Waals surface area contributed by atoms with Gasteiger partial charge in [0, 0.05) is 18.5 Å². The zero-order valence-electron chi connectivity index (χ0n) is 15.8. The SMILES string of the molecule is CCOC(=O)c1ccccc1NC(=O)c1cncc(C(=O)Nc2cc(C)on2)c1. The lowest BCUT2D eigenvalue weighted by Gasteiger charge is -2.10. The van der Waals surface area contributed by atoms with Crippen LogP contribution in [0.4, 0.5) is 11.5 Å². The van der Waals surface area contributed by atoms with Crippen LogP contribution in [0.25, 0.3) is 0 Å². The normalized spacial score (nSPS) is 10.3. The van der Waals surface area contributed by atoms with E-state index in [4.69, 9.17) is 9.26 Å². The summed E-state index contributed by atoms with van der Waals surface area (Å²) in [5.41, 5.74) is 0.833. The van der Waals surface area contributed by atoms with Crippen molar-refractivity contribution >= 4 is 29.3 Å². The minimum Gasteiger partial charge on any atom is -0.462 e. The Labute approximate surface area is 166 Å². The van der Waals surface area contributed by atoms with E-state index in [-0.39, 0.29) is 29.1 Å². The molecule has 1 aromatic carbocycles. The number of aromatic nitrogens is 2. The standard InChI is InChI=1S/C20H18N4O5/c1-3-28-20(27)15-6-4-5-7-16(15)22-18(25)13-9-14(11-21-10-13)19(26)23-17-8-12(2)29-24-17/h4-11H,3H2,1-2H3,(H,22,25)(H,23,24,26). The summed E-state index contributed by atoms with van der Waals surface area (Å²) in [6.07, 6.45) is 2.64. The minimum atomic E-state index is -0.544. The molecule has 0 unspecified atom stereocenters. The summed E-state index contributed by atoms with van der Waals surface area (Å²) in [4.78, 5) is 41.0. The molecule has 2 amide bonds. The fourth-order valence-electron chi connectivity index (χ4n) is 2.48. The highest BCUT2D eigenvalue weighted by atomic mass is 16.5. The van der Waals surface area contributed by atoms with Crippen LogP contribution in [0, 0.1) is 6.92 Å². The lowest BCUT2D eigenvalue weighted by Crippen LogP contribution is -2.18. The van der Waals surface area contributed by atoms with Crippen molar-refractivity contribution in [3.05, 3.63) is 71.2 Å². The van der Waals surface area contributed by atoms with Gasteiger partial charge in [-0.3, -0.25) is 14.6 Å². The number of aryl methyl sites for hydroxylation is 1. The zero-order chi connectivity index (χ0) is 20.8. The summed E-state index contributed by atoms with van der Waals surface area (Å²) in [7, 11) is 0. The Hall–Kier alpha value is -4.01. The van der Waals surface area contributed by atoms with Gasteiger partial charge in [0.15, 0.2) is 5.82 Å². The molecule has 2 aromatic heterocycles. The molecule has 2 N–H and O–H groups in total. The average molecular weight is 394 g/mol. The predicted octanol–water partition coefficient (Wildman–Crippen LogP) is 3.06. The molecule has 148 valence electrons. The summed E-state index contributed by atoms with van der Waals surface area (Å²) in [6, 6.07) is 9.43. The first-order valence-electron chi connectivity index (χ1n) is 8.75. The second-order valence-corrected chi connectivity index (χ2v) is 5.96. The topological polar surface area (TPSA) is 123 Å². The molecule has 0 fully saturated rings. The number of nitrogens with one attached hydrogen (secondary N) is 2. The first-order chi connectivity index (χ1) is 14.0. The van der Waals surface area contributed by atoms with Crippen LogP contribution in [0.1, 0.15) is 43.8 Å². The van der Waals surface area contributed by atoms with Crippen molar-refractivity contribution in [3.63, 3.8) is 0 Å². The van der Waals surface area contributed by atoms with E-state index >= 15 is 0 Å². The van der Waals surface area contributed by atoms with Gasteiger partial charge < -0.3 is 19.9 Å². The van der Waals surface area contributed by atoms with E-state index in [0.717, 1.165) is 0 Å². The van der Waals surface area contributed by atoms with Gasteiger partial charge in [-0.2, -0.15) is 0 Å². The summed E-state index contributed by atoms with van der Waals surface area (Å²) >= 11 is 0. The Balaban J connectivity index is 1.76. The van der Waals surface area contributed by atoms with Crippen LogP contribution in [0.2, 0.25) is 0 Å². The first-order valence-corrected chi connectivity index (χ1v) is 8.75. The van der Waals surface area contributed by atoms with Gasteiger partial charge in [-0.25, -0.2) is 4.79 Å². The van der Waals surface area contributed by atoms with E-state index in [1.165, 1.54) is 18.5 Å². The van der Waals surface area contributed by atoms with E-state index in [0.29, 0.717) is 11.4 Å². The van der Waals surface area contributed by atoms with Crippen molar-refractivity contribution in [1.29, 1.82) is 0 Å². The number of ether oxygens (including phenoxy) is 1. The van der Waals surface area contributed by atoms with Gasteiger partial charge in [0.1, 0.15) is 5.76 Å². The number of esters is 1. The van der Waals surface area contributed by atoms with Crippen molar-refractivity contribution in [2.24, 2.45) is 0 Å². The molecule has 9 nitrogen and oxygen atoms in total. The van der Waals surface area contributed by atoms with E-state index in [1.807, 2.05) is 0 Å². The highest BCUT2D eigenvalue weighted by Gasteiger charge is 2.17. The Kier molecular flexibility index (Phi) is 5.98. The van der Waals surface area contributed by atoms with Crippen molar-refractivity contribution < 1.29 is 23.6 Å². The van der Waals surface area contributed by atoms with Crippen LogP contribution < -0.4 is 10.6 Å². The number of rotatable bonds is 6. The predicted molar refractivity (Wildman–Crippen MR) is 104 cm³/mol. The highest BCUT2D eigenvalue weighted by Crippen LogP contribution is 2.18. The van der Waals surface area contributed by atoms with Gasteiger partial charge in [0.2, 0.25) is 0 Å². The lowest BCUT2D eigenvalue weighted by molar-refractivity contribution is 0.0527. The number of pyridine rings is 1. The van der Waals surface area contributed by atoms with Gasteiger partial charge >= 0.3 is 5.97 Å². The second kappa shape index (κ2) is 8.79. The average Bonchev–Trinajstić information content (AvgIpc) is 3.13. The molecular weight excluding hydrogens is 376 g/mol. The molecule has 0 atom stereocenters. The molecule has 0 saturated carbocycles. The maximum atomic E-state index is 12.6. The number of nitrogens with zero attached hydrogens (tertiary/aromatic N) is 2. The molecule has 0 aliphatic rings. The monoisotopic (exact) mass is 394 g/mol. The number of carbonyl (C=O) groups excluding carboxylic acids is 3. The van der Waals surface area contributed by atoms with Gasteiger partial charge in [-0.05, 0) is 32.0 Å². The van der Waals surface area contributed by atoms with E-state index in [9.17, 15) is 14.4 Å². The maximum Gasteiger partial charge on any atom is 0.340 e. The fourth-order valence-corrected chi connectivity index (χ4v) is 2.48. The fraction of sp³-hybridized carbons (Fsp3) is 0.150. The van der Waals surface area contributed by atoms with Crippen molar-refractivity contribution in [2.45, 2.75) is 13.8 Å². The molecule has 9 heteroatoms. The molecule has 0 spiro atoms. The Bertz CT molecular complexity index is 1060. The number of benzene rings is 1. The number of hydrogen-bond acceptors (Lipinski definition) is 7. The number of anilines is 2. The van der Waals surface area contributed by atoms with Gasteiger partial charge in [-0.1, -0.05) is 17.3 Å². The Morgan fingerprint density at radius 2 is 1.72 bits per heavy atom. The van der Waals surface area contributed by atoms with Crippen LogP contribution in [0.3, 0.4) is 0 Å². The molecule has 0 saturated heterocycles. The maximum absolute atomic E-state index is 12.6. The van der Waals surface area contributed by atoms with Crippen molar-refractivity contribution in [1.82, 2.24) is 10.1 Å². The van der Waals surface area contributed by atoms with Crippen LogP contribution in [-0.2, 0) is 4.74 Å². The summed E-state index contributed by atoms with van der Waals surface area (Å²) < 4.78 is 9.89. The number of carbonyl (C=O) groups is 3. The lowest BCUT2D eigenvalue weighted by atomic mass is 10.1. The van der Waals surface area contributed by atoms with Crippen molar-refractivity contribution in [2.75, 3.05) is 17.2 Å². The molecule has 2 heterocycles. The first kappa shape index (κ1) is 19.7. The van der Waals surface area contributed by atoms with Gasteiger partial charge in [-0.15, -0.1) is 0 Å². The molecule has 0 radical (unpaired) electrons. The molecule has 29 heavy (non-hydrogen) atoms.